The topological polar surface area (TPSA) is 65.1 Å². The fourth-order valence-electron chi connectivity index (χ4n) is 3.47. The van der Waals surface area contributed by atoms with Gasteiger partial charge < -0.3 is 14.2 Å². The van der Waals surface area contributed by atoms with Crippen molar-refractivity contribution in [2.45, 2.75) is 63.9 Å². The lowest BCUT2D eigenvalue weighted by Crippen LogP contribution is -2.36. The third-order valence-corrected chi connectivity index (χ3v) is 4.91. The van der Waals surface area contributed by atoms with Crippen LogP contribution in [0, 0.1) is 5.92 Å². The minimum Gasteiger partial charge on any atom is -0.461 e. The summed E-state index contributed by atoms with van der Waals surface area (Å²) < 4.78 is 17.0. The predicted octanol–water partition coefficient (Wildman–Crippen LogP) is 2.86. The first-order valence-electron chi connectivity index (χ1n) is 8.48. The van der Waals surface area contributed by atoms with Gasteiger partial charge in [0.2, 0.25) is 0 Å². The van der Waals surface area contributed by atoms with Gasteiger partial charge in [-0.25, -0.2) is 4.79 Å². The molecule has 0 amide bonds. The predicted molar refractivity (Wildman–Crippen MR) is 88.1 cm³/mol. The fourth-order valence-corrected chi connectivity index (χ4v) is 3.47. The summed E-state index contributed by atoms with van der Waals surface area (Å²) in [6.45, 7) is 9.75. The highest BCUT2D eigenvalue weighted by molar-refractivity contribution is 5.91. The van der Waals surface area contributed by atoms with Crippen molar-refractivity contribution < 1.29 is 23.8 Å². The molecular formula is C19H24O5. The van der Waals surface area contributed by atoms with E-state index in [1.165, 1.54) is 0 Å². The van der Waals surface area contributed by atoms with Gasteiger partial charge in [-0.3, -0.25) is 4.79 Å². The maximum atomic E-state index is 12.1. The third-order valence-electron chi connectivity index (χ3n) is 4.91. The Balaban J connectivity index is 1.94. The summed E-state index contributed by atoms with van der Waals surface area (Å²) in [5.74, 6) is -1.06. The van der Waals surface area contributed by atoms with Gasteiger partial charge in [0.1, 0.15) is 18.3 Å². The second-order valence-corrected chi connectivity index (χ2v) is 7.02. The lowest BCUT2D eigenvalue weighted by atomic mass is 9.83. The summed E-state index contributed by atoms with van der Waals surface area (Å²) in [6, 6.07) is 0. The van der Waals surface area contributed by atoms with Crippen molar-refractivity contribution in [2.24, 2.45) is 5.92 Å². The van der Waals surface area contributed by atoms with E-state index >= 15 is 0 Å². The average molecular weight is 332 g/mol. The fraction of sp³-hybridized carbons (Fsp3) is 0.579. The second-order valence-electron chi connectivity index (χ2n) is 7.02. The quantitative estimate of drug-likeness (QED) is 0.452. The molecule has 0 radical (unpaired) electrons. The van der Waals surface area contributed by atoms with Crippen LogP contribution in [0.2, 0.25) is 0 Å². The molecule has 5 heteroatoms. The smallest absolute Gasteiger partial charge is 0.334 e. The van der Waals surface area contributed by atoms with E-state index in [1.807, 2.05) is 39.0 Å². The molecule has 5 atom stereocenters. The van der Waals surface area contributed by atoms with Gasteiger partial charge in [-0.15, -0.1) is 0 Å². The lowest BCUT2D eigenvalue weighted by molar-refractivity contribution is -0.153. The Morgan fingerprint density at radius 1 is 1.50 bits per heavy atom. The van der Waals surface area contributed by atoms with Gasteiger partial charge in [0.15, 0.2) is 0 Å². The van der Waals surface area contributed by atoms with Crippen LogP contribution in [0.1, 0.15) is 40.0 Å². The summed E-state index contributed by atoms with van der Waals surface area (Å²) in [6.07, 6.45) is 6.50. The van der Waals surface area contributed by atoms with E-state index in [4.69, 9.17) is 14.2 Å². The van der Waals surface area contributed by atoms with Crippen LogP contribution < -0.4 is 0 Å². The van der Waals surface area contributed by atoms with Crippen molar-refractivity contribution in [3.05, 3.63) is 36.0 Å². The summed E-state index contributed by atoms with van der Waals surface area (Å²) in [4.78, 5) is 24.1. The van der Waals surface area contributed by atoms with Crippen LogP contribution in [0.15, 0.2) is 36.0 Å². The molecule has 0 saturated carbocycles. The summed E-state index contributed by atoms with van der Waals surface area (Å²) in [7, 11) is 0. The van der Waals surface area contributed by atoms with E-state index in [2.05, 4.69) is 6.58 Å². The molecule has 24 heavy (non-hydrogen) atoms. The Morgan fingerprint density at radius 2 is 2.25 bits per heavy atom. The number of hydrogen-bond acceptors (Lipinski definition) is 5. The van der Waals surface area contributed by atoms with Crippen LogP contribution in [-0.4, -0.2) is 35.9 Å². The number of ether oxygens (including phenoxy) is 3. The van der Waals surface area contributed by atoms with Gasteiger partial charge in [-0.1, -0.05) is 31.2 Å². The molecule has 2 fully saturated rings. The monoisotopic (exact) mass is 332 g/mol. The molecule has 0 bridgehead atoms. The maximum absolute atomic E-state index is 12.1. The van der Waals surface area contributed by atoms with Gasteiger partial charge in [0.25, 0.3) is 0 Å². The molecule has 3 aliphatic rings. The summed E-state index contributed by atoms with van der Waals surface area (Å²) in [5.41, 5.74) is 0.955. The van der Waals surface area contributed by atoms with Crippen molar-refractivity contribution >= 4 is 11.9 Å². The zero-order chi connectivity index (χ0) is 17.5. The van der Waals surface area contributed by atoms with E-state index in [0.29, 0.717) is 24.8 Å². The van der Waals surface area contributed by atoms with Gasteiger partial charge >= 0.3 is 11.9 Å². The van der Waals surface area contributed by atoms with E-state index < -0.39 is 18.2 Å². The zero-order valence-electron chi connectivity index (χ0n) is 14.4. The van der Waals surface area contributed by atoms with Gasteiger partial charge in [0, 0.05) is 18.4 Å². The van der Waals surface area contributed by atoms with Crippen molar-refractivity contribution in [1.82, 2.24) is 0 Å². The number of rotatable bonds is 3. The molecule has 2 aliphatic heterocycles. The number of epoxide rings is 1. The number of carbonyl (C=O) groups is 2. The highest BCUT2D eigenvalue weighted by Crippen LogP contribution is 2.46. The van der Waals surface area contributed by atoms with Gasteiger partial charge in [0.05, 0.1) is 11.5 Å². The number of hydrogen-bond donors (Lipinski definition) is 0. The first-order valence-corrected chi connectivity index (χ1v) is 8.48. The van der Waals surface area contributed by atoms with E-state index in [9.17, 15) is 9.59 Å². The summed E-state index contributed by atoms with van der Waals surface area (Å²) in [5, 5.41) is 0. The molecule has 0 spiro atoms. The normalized spacial score (nSPS) is 41.4. The first kappa shape index (κ1) is 17.0. The Morgan fingerprint density at radius 3 is 2.96 bits per heavy atom. The Hall–Kier alpha value is -1.88. The van der Waals surface area contributed by atoms with E-state index in [-0.39, 0.29) is 23.6 Å². The second kappa shape index (κ2) is 6.20. The third kappa shape index (κ3) is 3.18. The molecular weight excluding hydrogens is 308 g/mol. The van der Waals surface area contributed by atoms with Crippen LogP contribution in [0.4, 0.5) is 0 Å². The highest BCUT2D eigenvalue weighted by atomic mass is 16.6. The minimum absolute atomic E-state index is 0.00364. The van der Waals surface area contributed by atoms with Crippen LogP contribution in [0.5, 0.6) is 0 Å². The Kier molecular flexibility index (Phi) is 4.38. The number of fused-ring (bicyclic) bond motifs is 2. The summed E-state index contributed by atoms with van der Waals surface area (Å²) >= 11 is 0. The molecule has 1 aliphatic carbocycles. The molecule has 5 nitrogen and oxygen atoms in total. The Labute approximate surface area is 142 Å². The van der Waals surface area contributed by atoms with Crippen molar-refractivity contribution in [3.8, 4) is 0 Å². The molecule has 0 aromatic heterocycles. The Bertz CT molecular complexity index is 632. The van der Waals surface area contributed by atoms with Gasteiger partial charge in [-0.05, 0) is 26.3 Å². The van der Waals surface area contributed by atoms with Crippen molar-refractivity contribution in [2.75, 3.05) is 0 Å². The van der Waals surface area contributed by atoms with Gasteiger partial charge in [-0.2, -0.15) is 0 Å². The zero-order valence-corrected chi connectivity index (χ0v) is 14.4. The largest absolute Gasteiger partial charge is 0.461 e. The van der Waals surface area contributed by atoms with Crippen LogP contribution in [-0.2, 0) is 23.8 Å². The lowest BCUT2D eigenvalue weighted by Gasteiger charge is -2.28. The highest BCUT2D eigenvalue weighted by Gasteiger charge is 2.55. The molecule has 2 saturated heterocycles. The van der Waals surface area contributed by atoms with Crippen LogP contribution in [0.3, 0.4) is 0 Å². The van der Waals surface area contributed by atoms with Crippen LogP contribution in [0.25, 0.3) is 0 Å². The number of allylic oxidation sites excluding steroid dienone is 2. The SMILES string of the molecule is C=C1C(=O)O[C@H]2/C=C(C)\C=C/[C@H]3O[C@]3(C)C[C@@H](OC(=O)CCC)[C@@H]12. The van der Waals surface area contributed by atoms with E-state index in [0.717, 1.165) is 5.57 Å². The molecule has 2 heterocycles. The molecule has 0 aromatic carbocycles. The average Bonchev–Trinajstić information content (AvgIpc) is 3.05. The molecule has 130 valence electrons. The minimum atomic E-state index is -0.487. The van der Waals surface area contributed by atoms with Crippen LogP contribution >= 0.6 is 0 Å². The molecule has 0 aromatic rings. The molecule has 0 N–H and O–H groups in total. The molecule has 0 unspecified atom stereocenters. The maximum Gasteiger partial charge on any atom is 0.334 e. The van der Waals surface area contributed by atoms with Crippen molar-refractivity contribution in [1.29, 1.82) is 0 Å². The molecule has 3 rings (SSSR count). The standard InChI is InChI=1S/C19H24O5/c1-5-6-16(20)22-14-10-19(4)15(24-19)8-7-11(2)9-13-17(14)12(3)18(21)23-13/h7-9,13-15,17H,3,5-6,10H2,1-2,4H3/b8-7-,11-9-/t13-,14+,15+,17-,19+/m0/s1. The first-order chi connectivity index (χ1) is 11.3. The van der Waals surface area contributed by atoms with E-state index in [1.54, 1.807) is 0 Å². The number of esters is 2. The number of carbonyl (C=O) groups excluding carboxylic acids is 2. The van der Waals surface area contributed by atoms with Crippen molar-refractivity contribution in [3.63, 3.8) is 0 Å².